The summed E-state index contributed by atoms with van der Waals surface area (Å²) in [6.45, 7) is 5.60. The van der Waals surface area contributed by atoms with Crippen LogP contribution < -0.4 is 4.74 Å². The molecule has 0 saturated carbocycles. The molecule has 3 heterocycles. The molecule has 1 aliphatic heterocycles. The quantitative estimate of drug-likeness (QED) is 0.842. The van der Waals surface area contributed by atoms with Crippen molar-refractivity contribution in [3.05, 3.63) is 24.2 Å². The van der Waals surface area contributed by atoms with Crippen LogP contribution in [0.3, 0.4) is 0 Å². The van der Waals surface area contributed by atoms with E-state index in [0.29, 0.717) is 24.3 Å². The highest BCUT2D eigenvalue weighted by Crippen LogP contribution is 2.22. The van der Waals surface area contributed by atoms with Crippen LogP contribution in [0.4, 0.5) is 0 Å². The summed E-state index contributed by atoms with van der Waals surface area (Å²) in [5.74, 6) is 2.28. The average Bonchev–Trinajstić information content (AvgIpc) is 3.10. The molecule has 0 radical (unpaired) electrons. The lowest BCUT2D eigenvalue weighted by molar-refractivity contribution is 0.138. The maximum atomic E-state index is 5.78. The summed E-state index contributed by atoms with van der Waals surface area (Å²) in [5.41, 5.74) is 0.821. The second kappa shape index (κ2) is 6.22. The molecule has 0 amide bonds. The van der Waals surface area contributed by atoms with Crippen molar-refractivity contribution in [2.45, 2.75) is 32.8 Å². The minimum absolute atomic E-state index is 0.0759. The number of pyridine rings is 1. The Kier molecular flexibility index (Phi) is 4.15. The second-order valence-corrected chi connectivity index (χ2v) is 5.60. The van der Waals surface area contributed by atoms with Crippen LogP contribution in [0.15, 0.2) is 22.9 Å². The van der Waals surface area contributed by atoms with Gasteiger partial charge in [0.15, 0.2) is 5.82 Å². The highest BCUT2D eigenvalue weighted by molar-refractivity contribution is 5.53. The molecule has 0 aromatic carbocycles. The first-order valence-electron chi connectivity index (χ1n) is 7.24. The summed E-state index contributed by atoms with van der Waals surface area (Å²) in [6.07, 6.45) is 3.46. The van der Waals surface area contributed by atoms with Gasteiger partial charge < -0.3 is 14.0 Å². The van der Waals surface area contributed by atoms with Gasteiger partial charge in [0.2, 0.25) is 5.88 Å². The Hall–Kier alpha value is -1.95. The number of hydrogen-bond acceptors (Lipinski definition) is 6. The van der Waals surface area contributed by atoms with Gasteiger partial charge in [-0.05, 0) is 12.0 Å². The Morgan fingerprint density at radius 1 is 1.43 bits per heavy atom. The van der Waals surface area contributed by atoms with Crippen molar-refractivity contribution in [3.8, 4) is 17.3 Å². The number of hydrogen-bond donors (Lipinski definition) is 0. The lowest BCUT2D eigenvalue weighted by Crippen LogP contribution is -2.16. The van der Waals surface area contributed by atoms with Crippen molar-refractivity contribution in [3.63, 3.8) is 0 Å². The zero-order chi connectivity index (χ0) is 14.7. The molecule has 0 unspecified atom stereocenters. The third-order valence-electron chi connectivity index (χ3n) is 3.22. The maximum absolute atomic E-state index is 5.78. The topological polar surface area (TPSA) is 70.3 Å². The number of aromatic nitrogens is 3. The first-order chi connectivity index (χ1) is 10.2. The van der Waals surface area contributed by atoms with Crippen LogP contribution in [-0.4, -0.2) is 34.4 Å². The molecular weight excluding hydrogens is 270 g/mol. The highest BCUT2D eigenvalue weighted by atomic mass is 16.5. The van der Waals surface area contributed by atoms with Gasteiger partial charge in [-0.25, -0.2) is 4.98 Å². The van der Waals surface area contributed by atoms with E-state index in [1.54, 1.807) is 6.20 Å². The summed E-state index contributed by atoms with van der Waals surface area (Å²) >= 11 is 0. The van der Waals surface area contributed by atoms with Crippen molar-refractivity contribution < 1.29 is 14.0 Å². The molecule has 112 valence electrons. The molecule has 0 N–H and O–H groups in total. The lowest BCUT2D eigenvalue weighted by Gasteiger charge is -2.10. The van der Waals surface area contributed by atoms with E-state index in [9.17, 15) is 0 Å². The van der Waals surface area contributed by atoms with Gasteiger partial charge in [-0.3, -0.25) is 0 Å². The Labute approximate surface area is 123 Å². The minimum atomic E-state index is 0.0759. The maximum Gasteiger partial charge on any atom is 0.258 e. The van der Waals surface area contributed by atoms with E-state index >= 15 is 0 Å². The van der Waals surface area contributed by atoms with Crippen LogP contribution >= 0.6 is 0 Å². The molecule has 3 rings (SSSR count). The van der Waals surface area contributed by atoms with Crippen molar-refractivity contribution >= 4 is 0 Å². The Bertz CT molecular complexity index is 591. The molecule has 1 saturated heterocycles. The van der Waals surface area contributed by atoms with E-state index in [1.165, 1.54) is 0 Å². The SMILES string of the molecule is CC(C)Cc1noc(-c2ccnc(O[C@H]3CCOC3)c2)n1. The van der Waals surface area contributed by atoms with Crippen LogP contribution in [0, 0.1) is 5.92 Å². The third-order valence-corrected chi connectivity index (χ3v) is 3.22. The smallest absolute Gasteiger partial charge is 0.258 e. The van der Waals surface area contributed by atoms with E-state index in [4.69, 9.17) is 14.0 Å². The molecule has 6 nitrogen and oxygen atoms in total. The number of rotatable bonds is 5. The zero-order valence-electron chi connectivity index (χ0n) is 12.3. The summed E-state index contributed by atoms with van der Waals surface area (Å²) < 4.78 is 16.4. The van der Waals surface area contributed by atoms with Gasteiger partial charge in [0.05, 0.1) is 13.2 Å². The molecular formula is C15H19N3O3. The zero-order valence-corrected chi connectivity index (χ0v) is 12.3. The molecule has 1 fully saturated rings. The van der Waals surface area contributed by atoms with Gasteiger partial charge in [0.1, 0.15) is 6.10 Å². The van der Waals surface area contributed by atoms with Crippen LogP contribution in [0.5, 0.6) is 5.88 Å². The first-order valence-corrected chi connectivity index (χ1v) is 7.24. The number of ether oxygens (including phenoxy) is 2. The summed E-state index contributed by atoms with van der Waals surface area (Å²) in [7, 11) is 0. The van der Waals surface area contributed by atoms with Gasteiger partial charge in [0.25, 0.3) is 5.89 Å². The van der Waals surface area contributed by atoms with Crippen LogP contribution in [0.25, 0.3) is 11.5 Å². The third kappa shape index (κ3) is 3.58. The van der Waals surface area contributed by atoms with E-state index in [-0.39, 0.29) is 6.10 Å². The van der Waals surface area contributed by atoms with E-state index in [0.717, 1.165) is 30.8 Å². The molecule has 1 aliphatic rings. The van der Waals surface area contributed by atoms with Gasteiger partial charge in [0, 0.05) is 30.7 Å². The van der Waals surface area contributed by atoms with Crippen LogP contribution in [0.2, 0.25) is 0 Å². The molecule has 1 atom stereocenters. The standard InChI is InChI=1S/C15H19N3O3/c1-10(2)7-13-17-15(21-18-13)11-3-5-16-14(8-11)20-12-4-6-19-9-12/h3,5,8,10,12H,4,6-7,9H2,1-2H3/t12-/m0/s1. The van der Waals surface area contributed by atoms with Gasteiger partial charge >= 0.3 is 0 Å². The van der Waals surface area contributed by atoms with Crippen molar-refractivity contribution in [2.24, 2.45) is 5.92 Å². The average molecular weight is 289 g/mol. The Morgan fingerprint density at radius 3 is 3.10 bits per heavy atom. The normalized spacial score (nSPS) is 18.3. The minimum Gasteiger partial charge on any atom is -0.472 e. The molecule has 6 heteroatoms. The van der Waals surface area contributed by atoms with Crippen molar-refractivity contribution in [2.75, 3.05) is 13.2 Å². The summed E-state index contributed by atoms with van der Waals surface area (Å²) in [6, 6.07) is 3.66. The predicted molar refractivity (Wildman–Crippen MR) is 75.9 cm³/mol. The highest BCUT2D eigenvalue weighted by Gasteiger charge is 2.18. The van der Waals surface area contributed by atoms with Gasteiger partial charge in [-0.15, -0.1) is 0 Å². The predicted octanol–water partition coefficient (Wildman–Crippen LogP) is 2.50. The van der Waals surface area contributed by atoms with Crippen LogP contribution in [-0.2, 0) is 11.2 Å². The molecule has 2 aromatic heterocycles. The molecule has 21 heavy (non-hydrogen) atoms. The van der Waals surface area contributed by atoms with E-state index in [1.807, 2.05) is 12.1 Å². The van der Waals surface area contributed by atoms with E-state index in [2.05, 4.69) is 29.0 Å². The van der Waals surface area contributed by atoms with Crippen molar-refractivity contribution in [1.29, 1.82) is 0 Å². The Morgan fingerprint density at radius 2 is 2.33 bits per heavy atom. The molecule has 2 aromatic rings. The second-order valence-electron chi connectivity index (χ2n) is 5.60. The first kappa shape index (κ1) is 14.0. The molecule has 0 spiro atoms. The fourth-order valence-corrected chi connectivity index (χ4v) is 2.20. The molecule has 0 aliphatic carbocycles. The Balaban J connectivity index is 1.74. The lowest BCUT2D eigenvalue weighted by atomic mass is 10.1. The van der Waals surface area contributed by atoms with E-state index < -0.39 is 0 Å². The monoisotopic (exact) mass is 289 g/mol. The summed E-state index contributed by atoms with van der Waals surface area (Å²) in [5, 5.41) is 4.00. The van der Waals surface area contributed by atoms with Gasteiger partial charge in [-0.1, -0.05) is 19.0 Å². The van der Waals surface area contributed by atoms with Crippen LogP contribution in [0.1, 0.15) is 26.1 Å². The van der Waals surface area contributed by atoms with Gasteiger partial charge in [-0.2, -0.15) is 4.98 Å². The fraction of sp³-hybridized carbons (Fsp3) is 0.533. The summed E-state index contributed by atoms with van der Waals surface area (Å²) in [4.78, 5) is 8.62. The van der Waals surface area contributed by atoms with Crippen molar-refractivity contribution in [1.82, 2.24) is 15.1 Å². The number of nitrogens with zero attached hydrogens (tertiary/aromatic N) is 3. The fourth-order valence-electron chi connectivity index (χ4n) is 2.20. The molecule has 0 bridgehead atoms. The largest absolute Gasteiger partial charge is 0.472 e.